The van der Waals surface area contributed by atoms with Crippen LogP contribution in [0.1, 0.15) is 44.6 Å². The van der Waals surface area contributed by atoms with E-state index >= 15 is 0 Å². The highest BCUT2D eigenvalue weighted by molar-refractivity contribution is 5.79. The molecule has 0 bridgehead atoms. The molecule has 1 aromatic carbocycles. The van der Waals surface area contributed by atoms with Crippen LogP contribution in [0.5, 0.6) is 0 Å². The molecule has 1 aromatic rings. The van der Waals surface area contributed by atoms with Crippen LogP contribution in [0.15, 0.2) is 24.3 Å². The second-order valence-electron chi connectivity index (χ2n) is 5.78. The smallest absolute Gasteiger partial charge is 0.132 e. The van der Waals surface area contributed by atoms with Crippen molar-refractivity contribution in [2.24, 2.45) is 5.92 Å². The zero-order valence-corrected chi connectivity index (χ0v) is 12.2. The summed E-state index contributed by atoms with van der Waals surface area (Å²) in [6.45, 7) is 3.28. The van der Waals surface area contributed by atoms with Crippen molar-refractivity contribution in [3.05, 3.63) is 29.8 Å². The summed E-state index contributed by atoms with van der Waals surface area (Å²) < 4.78 is 0. The molecule has 0 heterocycles. The number of carbonyl (C=O) groups is 1. The van der Waals surface area contributed by atoms with Gasteiger partial charge in [-0.25, -0.2) is 0 Å². The predicted molar refractivity (Wildman–Crippen MR) is 80.7 cm³/mol. The summed E-state index contributed by atoms with van der Waals surface area (Å²) in [6, 6.07) is 8.91. The molecule has 0 atom stereocenters. The summed E-state index contributed by atoms with van der Waals surface area (Å²) in [5, 5.41) is 0. The van der Waals surface area contributed by atoms with Crippen LogP contribution in [0.3, 0.4) is 0 Å². The Bertz CT molecular complexity index is 400. The molecule has 0 aromatic heterocycles. The average molecular weight is 259 g/mol. The molecule has 1 aliphatic carbocycles. The lowest BCUT2D eigenvalue weighted by Gasteiger charge is -2.28. The van der Waals surface area contributed by atoms with Crippen LogP contribution >= 0.6 is 0 Å². The van der Waals surface area contributed by atoms with Gasteiger partial charge in [0.15, 0.2) is 0 Å². The fourth-order valence-electron chi connectivity index (χ4n) is 2.88. The summed E-state index contributed by atoms with van der Waals surface area (Å²) >= 11 is 0. The molecule has 19 heavy (non-hydrogen) atoms. The number of ketones is 1. The molecule has 2 heteroatoms. The Labute approximate surface area is 116 Å². The van der Waals surface area contributed by atoms with Crippen LogP contribution in [-0.4, -0.2) is 19.4 Å². The number of carbonyl (C=O) groups excluding carboxylic acids is 1. The highest BCUT2D eigenvalue weighted by Crippen LogP contribution is 2.24. The standard InChI is InChI=1S/C17H25NO/c1-3-4-14-5-9-16(10-6-14)18(2)13-15-7-11-17(19)12-8-15/h5-6,9-10,15H,3-4,7-8,11-13H2,1-2H3. The molecule has 1 saturated carbocycles. The maximum Gasteiger partial charge on any atom is 0.132 e. The van der Waals surface area contributed by atoms with E-state index in [2.05, 4.69) is 43.1 Å². The molecule has 2 nitrogen and oxygen atoms in total. The number of rotatable bonds is 5. The zero-order valence-electron chi connectivity index (χ0n) is 12.2. The fraction of sp³-hybridized carbons (Fsp3) is 0.588. The van der Waals surface area contributed by atoms with Crippen molar-refractivity contribution in [1.29, 1.82) is 0 Å². The van der Waals surface area contributed by atoms with Crippen LogP contribution < -0.4 is 4.90 Å². The highest BCUT2D eigenvalue weighted by Gasteiger charge is 2.19. The van der Waals surface area contributed by atoms with Gasteiger partial charge in [-0.2, -0.15) is 0 Å². The van der Waals surface area contributed by atoms with E-state index in [4.69, 9.17) is 0 Å². The van der Waals surface area contributed by atoms with E-state index in [-0.39, 0.29) is 0 Å². The van der Waals surface area contributed by atoms with Gasteiger partial charge < -0.3 is 4.90 Å². The van der Waals surface area contributed by atoms with E-state index in [1.54, 1.807) is 0 Å². The molecule has 0 saturated heterocycles. The second-order valence-corrected chi connectivity index (χ2v) is 5.78. The lowest BCUT2D eigenvalue weighted by Crippen LogP contribution is -2.28. The molecular weight excluding hydrogens is 234 g/mol. The molecule has 1 fully saturated rings. The van der Waals surface area contributed by atoms with Gasteiger partial charge in [0.2, 0.25) is 0 Å². The Balaban J connectivity index is 1.88. The summed E-state index contributed by atoms with van der Waals surface area (Å²) in [7, 11) is 2.16. The van der Waals surface area contributed by atoms with Gasteiger partial charge in [0.1, 0.15) is 5.78 Å². The predicted octanol–water partition coefficient (Wildman–Crippen LogP) is 3.83. The molecule has 0 aliphatic heterocycles. The van der Waals surface area contributed by atoms with E-state index < -0.39 is 0 Å². The van der Waals surface area contributed by atoms with Crippen LogP contribution in [0.2, 0.25) is 0 Å². The van der Waals surface area contributed by atoms with Gasteiger partial charge in [-0.3, -0.25) is 4.79 Å². The molecule has 1 aliphatic rings. The molecule has 0 spiro atoms. The van der Waals surface area contributed by atoms with Crippen LogP contribution in [0.4, 0.5) is 5.69 Å². The number of benzene rings is 1. The maximum absolute atomic E-state index is 11.2. The van der Waals surface area contributed by atoms with Gasteiger partial charge >= 0.3 is 0 Å². The van der Waals surface area contributed by atoms with Gasteiger partial charge in [-0.05, 0) is 42.9 Å². The Morgan fingerprint density at radius 1 is 1.16 bits per heavy atom. The summed E-state index contributed by atoms with van der Waals surface area (Å²) in [5.74, 6) is 1.13. The minimum absolute atomic E-state index is 0.447. The van der Waals surface area contributed by atoms with Crippen LogP contribution in [0.25, 0.3) is 0 Å². The lowest BCUT2D eigenvalue weighted by molar-refractivity contribution is -0.120. The number of Topliss-reactive ketones (excluding diaryl/α,β-unsaturated/α-hetero) is 1. The van der Waals surface area contributed by atoms with Gasteiger partial charge in [0, 0.05) is 32.1 Å². The first-order valence-corrected chi connectivity index (χ1v) is 7.51. The number of aryl methyl sites for hydroxylation is 1. The first kappa shape index (κ1) is 14.1. The molecule has 2 rings (SSSR count). The van der Waals surface area contributed by atoms with Gasteiger partial charge in [0.25, 0.3) is 0 Å². The maximum atomic E-state index is 11.2. The molecule has 104 valence electrons. The molecule has 0 amide bonds. The number of hydrogen-bond donors (Lipinski definition) is 0. The van der Waals surface area contributed by atoms with Crippen LogP contribution in [-0.2, 0) is 11.2 Å². The summed E-state index contributed by atoms with van der Waals surface area (Å²) in [4.78, 5) is 13.6. The van der Waals surface area contributed by atoms with Crippen molar-refractivity contribution in [3.63, 3.8) is 0 Å². The topological polar surface area (TPSA) is 20.3 Å². The van der Waals surface area contributed by atoms with Crippen molar-refractivity contribution >= 4 is 11.5 Å². The van der Waals surface area contributed by atoms with E-state index in [0.29, 0.717) is 11.7 Å². The lowest BCUT2D eigenvalue weighted by atomic mass is 9.88. The second kappa shape index (κ2) is 6.74. The van der Waals surface area contributed by atoms with Crippen molar-refractivity contribution < 1.29 is 4.79 Å². The zero-order chi connectivity index (χ0) is 13.7. The van der Waals surface area contributed by atoms with Crippen molar-refractivity contribution in [2.75, 3.05) is 18.5 Å². The van der Waals surface area contributed by atoms with Crippen LogP contribution in [0, 0.1) is 5.92 Å². The van der Waals surface area contributed by atoms with Crippen molar-refractivity contribution in [1.82, 2.24) is 0 Å². The Morgan fingerprint density at radius 2 is 1.79 bits per heavy atom. The largest absolute Gasteiger partial charge is 0.374 e. The normalized spacial score (nSPS) is 16.6. The molecule has 0 unspecified atom stereocenters. The van der Waals surface area contributed by atoms with Gasteiger partial charge in [-0.15, -0.1) is 0 Å². The SMILES string of the molecule is CCCc1ccc(N(C)CC2CCC(=O)CC2)cc1. The van der Waals surface area contributed by atoms with E-state index in [1.807, 2.05) is 0 Å². The molecule has 0 radical (unpaired) electrons. The summed E-state index contributed by atoms with van der Waals surface area (Å²) in [5.41, 5.74) is 2.71. The minimum Gasteiger partial charge on any atom is -0.374 e. The third-order valence-corrected chi connectivity index (χ3v) is 4.11. The van der Waals surface area contributed by atoms with Gasteiger partial charge in [-0.1, -0.05) is 25.5 Å². The first-order chi connectivity index (χ1) is 9.19. The highest BCUT2D eigenvalue weighted by atomic mass is 16.1. The van der Waals surface area contributed by atoms with Crippen molar-refractivity contribution in [3.8, 4) is 0 Å². The van der Waals surface area contributed by atoms with E-state index in [0.717, 1.165) is 38.6 Å². The minimum atomic E-state index is 0.447. The molecule has 0 N–H and O–H groups in total. The van der Waals surface area contributed by atoms with Gasteiger partial charge in [0.05, 0.1) is 0 Å². The fourth-order valence-corrected chi connectivity index (χ4v) is 2.88. The van der Waals surface area contributed by atoms with Crippen molar-refractivity contribution in [2.45, 2.75) is 45.4 Å². The number of nitrogens with zero attached hydrogens (tertiary/aromatic N) is 1. The van der Waals surface area contributed by atoms with E-state index in [1.165, 1.54) is 17.7 Å². The molecular formula is C17H25NO. The first-order valence-electron chi connectivity index (χ1n) is 7.51. The monoisotopic (exact) mass is 259 g/mol. The third-order valence-electron chi connectivity index (χ3n) is 4.11. The third kappa shape index (κ3) is 4.09. The quantitative estimate of drug-likeness (QED) is 0.801. The number of hydrogen-bond acceptors (Lipinski definition) is 2. The Kier molecular flexibility index (Phi) is 5.00. The Morgan fingerprint density at radius 3 is 2.37 bits per heavy atom. The summed E-state index contributed by atoms with van der Waals surface area (Å²) in [6.07, 6.45) is 6.07. The Hall–Kier alpha value is -1.31. The number of anilines is 1. The van der Waals surface area contributed by atoms with E-state index in [9.17, 15) is 4.79 Å². The average Bonchev–Trinajstić information content (AvgIpc) is 2.42.